The topological polar surface area (TPSA) is 88.1 Å². The van der Waals surface area contributed by atoms with Gasteiger partial charge in [0.2, 0.25) is 0 Å². The number of hydrogen-bond donors (Lipinski definition) is 0. The van der Waals surface area contributed by atoms with Gasteiger partial charge in [0, 0.05) is 56.3 Å². The molecule has 0 bridgehead atoms. The van der Waals surface area contributed by atoms with Gasteiger partial charge in [-0.3, -0.25) is 4.79 Å². The molecule has 0 spiro atoms. The standard InChI is InChI=1S/C82H82O7/c1-7-13-51-82(52-14-8-2)71-55-65(79-49-47-76(88-79)62-31-27-60(28-32-62)74-44-43-73(86-74)59-25-23-58(24-26-59)54-57(9-3)10-4)37-41-69(71)70-42-38-66(56-72(70)82)80-50-48-77(89-80)63-33-29-61(30-34-63)75-45-46-78(87-75)64-35-39-68(40-36-64)84-53-21-19-17-15-16-18-20-22-81(83)85-67(11-5)12-6/h9-12,23-50,55-57,67H,3-8,13-22,51-54H2,1-2H3. The second-order valence-electron chi connectivity index (χ2n) is 23.7. The number of furan rings is 4. The number of fused-ring (bicyclic) bond motifs is 3. The first kappa shape index (κ1) is 61.3. The quantitative estimate of drug-likeness (QED) is 0.0236. The van der Waals surface area contributed by atoms with Crippen molar-refractivity contribution in [2.75, 3.05) is 6.61 Å². The molecule has 10 aromatic rings. The van der Waals surface area contributed by atoms with Gasteiger partial charge in [-0.1, -0.05) is 194 Å². The molecule has 7 nitrogen and oxygen atoms in total. The first-order valence-electron chi connectivity index (χ1n) is 32.1. The summed E-state index contributed by atoms with van der Waals surface area (Å²) in [4.78, 5) is 11.9. The average molecular weight is 1180 g/mol. The molecule has 0 saturated heterocycles. The van der Waals surface area contributed by atoms with Crippen molar-refractivity contribution in [3.63, 3.8) is 0 Å². The minimum atomic E-state index is -0.407. The van der Waals surface area contributed by atoms with Gasteiger partial charge >= 0.3 is 5.97 Å². The van der Waals surface area contributed by atoms with E-state index in [9.17, 15) is 4.79 Å². The van der Waals surface area contributed by atoms with Crippen molar-refractivity contribution in [2.24, 2.45) is 5.92 Å². The molecule has 6 aromatic carbocycles. The lowest BCUT2D eigenvalue weighted by Gasteiger charge is -2.33. The molecular formula is C82H82O7. The Hall–Kier alpha value is -9.33. The van der Waals surface area contributed by atoms with Crippen LogP contribution in [0.15, 0.2) is 250 Å². The summed E-state index contributed by atoms with van der Waals surface area (Å²) in [5.41, 5.74) is 14.7. The van der Waals surface area contributed by atoms with Gasteiger partial charge in [0.1, 0.15) is 57.9 Å². The Bertz CT molecular complexity index is 3960. The zero-order valence-electron chi connectivity index (χ0n) is 51.8. The molecule has 0 amide bonds. The van der Waals surface area contributed by atoms with Crippen LogP contribution in [0.1, 0.15) is 120 Å². The minimum absolute atomic E-state index is 0.147. The fraction of sp³-hybridized carbons (Fsp3) is 0.256. The van der Waals surface area contributed by atoms with E-state index in [0.29, 0.717) is 13.0 Å². The Kier molecular flexibility index (Phi) is 20.1. The van der Waals surface area contributed by atoms with Crippen LogP contribution in [0.5, 0.6) is 5.75 Å². The van der Waals surface area contributed by atoms with Crippen LogP contribution in [-0.4, -0.2) is 18.7 Å². The van der Waals surface area contributed by atoms with Gasteiger partial charge in [-0.15, -0.1) is 13.2 Å². The SMILES string of the molecule is C=CC(C=C)Cc1ccc(-c2ccc(-c3ccc(-c4ccc(-c5ccc6c(c5)C(CCCC)(CCCC)c5cc(-c7ccc(-c8ccc(-c9ccc(-c%10ccc(OCCCCCCCCCC(=O)OC(C=C)C=C)cc%10)o9)cc8)o7)ccc5-6)o4)cc3)o2)cc1. The average Bonchev–Trinajstić information content (AvgIpc) is 1.60. The summed E-state index contributed by atoms with van der Waals surface area (Å²) in [7, 11) is 0. The highest BCUT2D eigenvalue weighted by molar-refractivity contribution is 5.86. The van der Waals surface area contributed by atoms with Crippen LogP contribution >= 0.6 is 0 Å². The van der Waals surface area contributed by atoms with Crippen molar-refractivity contribution in [2.45, 2.75) is 122 Å². The zero-order valence-corrected chi connectivity index (χ0v) is 51.8. The van der Waals surface area contributed by atoms with Crippen molar-refractivity contribution in [1.82, 2.24) is 0 Å². The number of benzene rings is 6. The van der Waals surface area contributed by atoms with Crippen LogP contribution in [0.4, 0.5) is 0 Å². The van der Waals surface area contributed by atoms with E-state index in [1.807, 2.05) is 48.6 Å². The third-order valence-corrected chi connectivity index (χ3v) is 17.7. The summed E-state index contributed by atoms with van der Waals surface area (Å²) in [6.07, 6.45) is 22.0. The lowest BCUT2D eigenvalue weighted by Crippen LogP contribution is -2.25. The smallest absolute Gasteiger partial charge is 0.306 e. The van der Waals surface area contributed by atoms with Gasteiger partial charge in [0.05, 0.1) is 6.61 Å². The maximum atomic E-state index is 11.9. The Labute approximate surface area is 526 Å². The summed E-state index contributed by atoms with van der Waals surface area (Å²) in [6.45, 7) is 20.5. The third-order valence-electron chi connectivity index (χ3n) is 17.7. The van der Waals surface area contributed by atoms with Gasteiger partial charge in [0.25, 0.3) is 0 Å². The molecular weight excluding hydrogens is 1100 g/mol. The number of carbonyl (C=O) groups is 1. The maximum Gasteiger partial charge on any atom is 0.306 e. The van der Waals surface area contributed by atoms with E-state index in [1.54, 1.807) is 12.2 Å². The Morgan fingerprint density at radius 3 is 1.15 bits per heavy atom. The van der Waals surface area contributed by atoms with Crippen molar-refractivity contribution in [3.8, 4) is 107 Å². The molecule has 89 heavy (non-hydrogen) atoms. The molecule has 4 heterocycles. The van der Waals surface area contributed by atoms with Crippen LogP contribution in [0, 0.1) is 5.92 Å². The molecule has 0 fully saturated rings. The number of esters is 1. The number of rotatable bonds is 32. The molecule has 1 aliphatic carbocycles. The predicted molar refractivity (Wildman–Crippen MR) is 365 cm³/mol. The van der Waals surface area contributed by atoms with Gasteiger partial charge < -0.3 is 27.1 Å². The predicted octanol–water partition coefficient (Wildman–Crippen LogP) is 23.4. The molecule has 0 atom stereocenters. The van der Waals surface area contributed by atoms with Crippen molar-refractivity contribution in [1.29, 1.82) is 0 Å². The van der Waals surface area contributed by atoms with Crippen molar-refractivity contribution < 1.29 is 31.9 Å². The highest BCUT2D eigenvalue weighted by Gasteiger charge is 2.43. The van der Waals surface area contributed by atoms with Crippen LogP contribution < -0.4 is 4.74 Å². The van der Waals surface area contributed by atoms with E-state index in [0.717, 1.165) is 186 Å². The van der Waals surface area contributed by atoms with Crippen LogP contribution in [-0.2, 0) is 21.4 Å². The summed E-state index contributed by atoms with van der Waals surface area (Å²) < 4.78 is 37.6. The molecule has 0 saturated carbocycles. The van der Waals surface area contributed by atoms with E-state index in [4.69, 9.17) is 27.1 Å². The van der Waals surface area contributed by atoms with Gasteiger partial charge in [0.15, 0.2) is 0 Å². The molecule has 0 aliphatic heterocycles. The molecule has 4 aromatic heterocycles. The second-order valence-corrected chi connectivity index (χ2v) is 23.7. The largest absolute Gasteiger partial charge is 0.494 e. The molecule has 452 valence electrons. The molecule has 0 unspecified atom stereocenters. The van der Waals surface area contributed by atoms with Gasteiger partial charge in [-0.05, 0) is 163 Å². The summed E-state index contributed by atoms with van der Waals surface area (Å²) in [6, 6.07) is 64.0. The van der Waals surface area contributed by atoms with E-state index in [1.165, 1.54) is 27.8 Å². The summed E-state index contributed by atoms with van der Waals surface area (Å²) >= 11 is 0. The number of carbonyl (C=O) groups excluding carboxylic acids is 1. The molecule has 0 N–H and O–H groups in total. The number of allylic oxidation sites excluding steroid dienone is 2. The number of ether oxygens (including phenoxy) is 2. The van der Waals surface area contributed by atoms with Crippen LogP contribution in [0.25, 0.3) is 102 Å². The highest BCUT2D eigenvalue weighted by Crippen LogP contribution is 2.56. The summed E-state index contributed by atoms with van der Waals surface area (Å²) in [5, 5.41) is 0. The zero-order chi connectivity index (χ0) is 61.5. The second kappa shape index (κ2) is 29.1. The van der Waals surface area contributed by atoms with Crippen molar-refractivity contribution >= 4 is 5.97 Å². The van der Waals surface area contributed by atoms with Crippen LogP contribution in [0.3, 0.4) is 0 Å². The molecule has 7 heteroatoms. The molecule has 0 radical (unpaired) electrons. The number of hydrogen-bond acceptors (Lipinski definition) is 7. The van der Waals surface area contributed by atoms with Crippen LogP contribution in [0.2, 0.25) is 0 Å². The fourth-order valence-electron chi connectivity index (χ4n) is 12.5. The van der Waals surface area contributed by atoms with E-state index < -0.39 is 6.10 Å². The fourth-order valence-corrected chi connectivity index (χ4v) is 12.5. The lowest BCUT2D eigenvalue weighted by atomic mass is 9.70. The van der Waals surface area contributed by atoms with E-state index in [-0.39, 0.29) is 17.3 Å². The maximum absolute atomic E-state index is 11.9. The Morgan fingerprint density at radius 2 is 0.764 bits per heavy atom. The summed E-state index contributed by atoms with van der Waals surface area (Å²) in [5.74, 6) is 7.55. The number of unbranched alkanes of at least 4 members (excludes halogenated alkanes) is 8. The first-order valence-corrected chi connectivity index (χ1v) is 32.1. The Morgan fingerprint density at radius 1 is 0.416 bits per heavy atom. The Balaban J connectivity index is 0.710. The van der Waals surface area contributed by atoms with Crippen molar-refractivity contribution in [3.05, 3.63) is 249 Å². The minimum Gasteiger partial charge on any atom is -0.494 e. The van der Waals surface area contributed by atoms with Gasteiger partial charge in [-0.2, -0.15) is 0 Å². The van der Waals surface area contributed by atoms with Gasteiger partial charge in [-0.25, -0.2) is 0 Å². The van der Waals surface area contributed by atoms with E-state index >= 15 is 0 Å². The monoisotopic (exact) mass is 1180 g/mol. The van der Waals surface area contributed by atoms with E-state index in [2.05, 4.69) is 186 Å². The molecule has 11 rings (SSSR count). The highest BCUT2D eigenvalue weighted by atomic mass is 16.5. The third kappa shape index (κ3) is 14.3. The molecule has 1 aliphatic rings. The lowest BCUT2D eigenvalue weighted by molar-refractivity contribution is -0.145. The normalized spacial score (nSPS) is 12.3. The first-order chi connectivity index (χ1) is 43.7.